The summed E-state index contributed by atoms with van der Waals surface area (Å²) in [5, 5.41) is 12.7. The SMILES string of the molecule is CC1CCN(C(=O)NCC2(CO)CCCCC2)CC1. The summed E-state index contributed by atoms with van der Waals surface area (Å²) in [6, 6.07) is 0.0605. The molecule has 1 saturated heterocycles. The zero-order valence-electron chi connectivity index (χ0n) is 12.2. The average Bonchev–Trinajstić information content (AvgIpc) is 2.46. The van der Waals surface area contributed by atoms with Crippen molar-refractivity contribution >= 4 is 6.03 Å². The molecule has 110 valence electrons. The molecule has 2 fully saturated rings. The molecule has 4 heteroatoms. The molecule has 1 heterocycles. The third-order valence-electron chi connectivity index (χ3n) is 4.94. The van der Waals surface area contributed by atoms with Gasteiger partial charge in [0.25, 0.3) is 0 Å². The fourth-order valence-electron chi connectivity index (χ4n) is 3.28. The molecule has 0 aromatic heterocycles. The molecule has 0 atom stereocenters. The first-order chi connectivity index (χ1) is 9.15. The maximum atomic E-state index is 12.1. The van der Waals surface area contributed by atoms with Gasteiger partial charge in [-0.25, -0.2) is 4.79 Å². The Hall–Kier alpha value is -0.770. The number of carbonyl (C=O) groups is 1. The number of amides is 2. The van der Waals surface area contributed by atoms with Gasteiger partial charge in [0.15, 0.2) is 0 Å². The predicted molar refractivity (Wildman–Crippen MR) is 76.0 cm³/mol. The molecule has 19 heavy (non-hydrogen) atoms. The Labute approximate surface area is 116 Å². The van der Waals surface area contributed by atoms with Gasteiger partial charge in [-0.15, -0.1) is 0 Å². The van der Waals surface area contributed by atoms with E-state index in [1.165, 1.54) is 19.3 Å². The first kappa shape index (κ1) is 14.6. The fraction of sp³-hybridized carbons (Fsp3) is 0.933. The molecule has 0 bridgehead atoms. The minimum atomic E-state index is -0.0585. The van der Waals surface area contributed by atoms with Gasteiger partial charge >= 0.3 is 6.03 Å². The summed E-state index contributed by atoms with van der Waals surface area (Å²) in [4.78, 5) is 14.1. The number of hydrogen-bond donors (Lipinski definition) is 2. The Morgan fingerprint density at radius 2 is 1.89 bits per heavy atom. The lowest BCUT2D eigenvalue weighted by molar-refractivity contribution is 0.0804. The highest BCUT2D eigenvalue weighted by Crippen LogP contribution is 2.35. The summed E-state index contributed by atoms with van der Waals surface area (Å²) >= 11 is 0. The molecule has 0 spiro atoms. The van der Waals surface area contributed by atoms with E-state index in [0.717, 1.165) is 44.7 Å². The molecule has 0 unspecified atom stereocenters. The van der Waals surface area contributed by atoms with Crippen LogP contribution in [0, 0.1) is 11.3 Å². The van der Waals surface area contributed by atoms with Crippen LogP contribution < -0.4 is 5.32 Å². The van der Waals surface area contributed by atoms with Crippen molar-refractivity contribution in [2.75, 3.05) is 26.2 Å². The quantitative estimate of drug-likeness (QED) is 0.825. The van der Waals surface area contributed by atoms with Crippen LogP contribution >= 0.6 is 0 Å². The van der Waals surface area contributed by atoms with E-state index < -0.39 is 0 Å². The zero-order valence-corrected chi connectivity index (χ0v) is 12.2. The monoisotopic (exact) mass is 268 g/mol. The van der Waals surface area contributed by atoms with Crippen LogP contribution in [0.4, 0.5) is 4.79 Å². The first-order valence-electron chi connectivity index (χ1n) is 7.79. The zero-order chi connectivity index (χ0) is 13.7. The van der Waals surface area contributed by atoms with Crippen molar-refractivity contribution in [1.82, 2.24) is 10.2 Å². The number of hydrogen-bond acceptors (Lipinski definition) is 2. The van der Waals surface area contributed by atoms with Crippen LogP contribution in [0.3, 0.4) is 0 Å². The molecule has 2 aliphatic rings. The van der Waals surface area contributed by atoms with Crippen LogP contribution in [0.15, 0.2) is 0 Å². The number of piperidine rings is 1. The largest absolute Gasteiger partial charge is 0.396 e. The lowest BCUT2D eigenvalue weighted by Crippen LogP contribution is -2.48. The number of rotatable bonds is 3. The van der Waals surface area contributed by atoms with Gasteiger partial charge in [0.1, 0.15) is 0 Å². The lowest BCUT2D eigenvalue weighted by atomic mass is 9.74. The van der Waals surface area contributed by atoms with E-state index in [4.69, 9.17) is 0 Å². The van der Waals surface area contributed by atoms with Crippen LogP contribution in [0.5, 0.6) is 0 Å². The van der Waals surface area contributed by atoms with Gasteiger partial charge in [0.05, 0.1) is 6.61 Å². The Bertz CT molecular complexity index is 293. The molecule has 4 nitrogen and oxygen atoms in total. The van der Waals surface area contributed by atoms with Gasteiger partial charge < -0.3 is 15.3 Å². The third kappa shape index (κ3) is 3.85. The van der Waals surface area contributed by atoms with Gasteiger partial charge in [0, 0.05) is 25.0 Å². The molecular formula is C15H28N2O2. The van der Waals surface area contributed by atoms with Gasteiger partial charge in [-0.05, 0) is 31.6 Å². The van der Waals surface area contributed by atoms with Crippen LogP contribution in [0.1, 0.15) is 51.9 Å². The highest BCUT2D eigenvalue weighted by molar-refractivity contribution is 5.74. The Balaban J connectivity index is 1.78. The first-order valence-corrected chi connectivity index (χ1v) is 7.79. The second-order valence-corrected chi connectivity index (χ2v) is 6.55. The molecule has 2 amide bonds. The fourth-order valence-corrected chi connectivity index (χ4v) is 3.28. The number of urea groups is 1. The van der Waals surface area contributed by atoms with E-state index in [9.17, 15) is 9.90 Å². The van der Waals surface area contributed by atoms with Crippen molar-refractivity contribution in [3.8, 4) is 0 Å². The highest BCUT2D eigenvalue weighted by Gasteiger charge is 2.32. The molecular weight excluding hydrogens is 240 g/mol. The van der Waals surface area contributed by atoms with Crippen molar-refractivity contribution < 1.29 is 9.90 Å². The topological polar surface area (TPSA) is 52.6 Å². The van der Waals surface area contributed by atoms with E-state index in [0.29, 0.717) is 6.54 Å². The molecule has 0 radical (unpaired) electrons. The summed E-state index contributed by atoms with van der Waals surface area (Å²) in [6.07, 6.45) is 7.92. The molecule has 1 aliphatic carbocycles. The summed E-state index contributed by atoms with van der Waals surface area (Å²) in [5.41, 5.74) is -0.0585. The van der Waals surface area contributed by atoms with Crippen LogP contribution in [0.25, 0.3) is 0 Å². The maximum absolute atomic E-state index is 12.1. The standard InChI is InChI=1S/C15H28N2O2/c1-13-5-9-17(10-6-13)14(19)16-11-15(12-18)7-3-2-4-8-15/h13,18H,2-12H2,1H3,(H,16,19). The van der Waals surface area contributed by atoms with Crippen molar-refractivity contribution in [3.63, 3.8) is 0 Å². The van der Waals surface area contributed by atoms with Crippen molar-refractivity contribution in [2.24, 2.45) is 11.3 Å². The van der Waals surface area contributed by atoms with Crippen LogP contribution in [-0.2, 0) is 0 Å². The molecule has 0 aromatic carbocycles. The van der Waals surface area contributed by atoms with E-state index in [1.807, 2.05) is 4.90 Å². The number of aliphatic hydroxyl groups excluding tert-OH is 1. The van der Waals surface area contributed by atoms with Gasteiger partial charge in [0.2, 0.25) is 0 Å². The van der Waals surface area contributed by atoms with Crippen molar-refractivity contribution in [3.05, 3.63) is 0 Å². The molecule has 2 N–H and O–H groups in total. The number of nitrogens with zero attached hydrogens (tertiary/aromatic N) is 1. The average molecular weight is 268 g/mol. The minimum absolute atomic E-state index is 0.0585. The summed E-state index contributed by atoms with van der Waals surface area (Å²) < 4.78 is 0. The Morgan fingerprint density at radius 1 is 1.26 bits per heavy atom. The second-order valence-electron chi connectivity index (χ2n) is 6.55. The normalized spacial score (nSPS) is 24.2. The summed E-state index contributed by atoms with van der Waals surface area (Å²) in [7, 11) is 0. The molecule has 1 aliphatic heterocycles. The van der Waals surface area contributed by atoms with Crippen molar-refractivity contribution in [2.45, 2.75) is 51.9 Å². The van der Waals surface area contributed by atoms with Gasteiger partial charge in [-0.2, -0.15) is 0 Å². The maximum Gasteiger partial charge on any atom is 0.317 e. The van der Waals surface area contributed by atoms with Gasteiger partial charge in [-0.3, -0.25) is 0 Å². The number of nitrogens with one attached hydrogen (secondary N) is 1. The Kier molecular flexibility index (Phi) is 5.08. The van der Waals surface area contributed by atoms with E-state index >= 15 is 0 Å². The lowest BCUT2D eigenvalue weighted by Gasteiger charge is -2.37. The minimum Gasteiger partial charge on any atom is -0.396 e. The Morgan fingerprint density at radius 3 is 2.47 bits per heavy atom. The van der Waals surface area contributed by atoms with Crippen molar-refractivity contribution in [1.29, 1.82) is 0 Å². The number of aliphatic hydroxyl groups is 1. The second kappa shape index (κ2) is 6.60. The third-order valence-corrected chi connectivity index (χ3v) is 4.94. The molecule has 1 saturated carbocycles. The van der Waals surface area contributed by atoms with Crippen LogP contribution in [-0.4, -0.2) is 42.3 Å². The van der Waals surface area contributed by atoms with Crippen LogP contribution in [0.2, 0.25) is 0 Å². The van der Waals surface area contributed by atoms with E-state index in [2.05, 4.69) is 12.2 Å². The van der Waals surface area contributed by atoms with Gasteiger partial charge in [-0.1, -0.05) is 26.2 Å². The number of carbonyl (C=O) groups excluding carboxylic acids is 1. The van der Waals surface area contributed by atoms with E-state index in [-0.39, 0.29) is 18.1 Å². The summed E-state index contributed by atoms with van der Waals surface area (Å²) in [5.74, 6) is 0.742. The predicted octanol–water partition coefficient (Wildman–Crippen LogP) is 2.37. The number of likely N-dealkylation sites (tertiary alicyclic amines) is 1. The molecule has 2 rings (SSSR count). The van der Waals surface area contributed by atoms with E-state index in [1.54, 1.807) is 0 Å². The smallest absolute Gasteiger partial charge is 0.317 e. The molecule has 0 aromatic rings. The summed E-state index contributed by atoms with van der Waals surface area (Å²) in [6.45, 7) is 4.83. The highest BCUT2D eigenvalue weighted by atomic mass is 16.3.